The van der Waals surface area contributed by atoms with Crippen molar-refractivity contribution in [2.24, 2.45) is 17.5 Å². The Morgan fingerprint density at radius 2 is 0.659 bits per heavy atom. The van der Waals surface area contributed by atoms with Crippen molar-refractivity contribution in [1.29, 1.82) is 0 Å². The fraction of sp³-hybridized carbons (Fsp3) is 0. The summed E-state index contributed by atoms with van der Waals surface area (Å²) in [5, 5.41) is -1.20. The number of nitrogens with zero attached hydrogens (tertiary/aromatic N) is 3. The first-order valence-corrected chi connectivity index (χ1v) is 15.7. The molecule has 0 fully saturated rings. The van der Waals surface area contributed by atoms with Crippen molar-refractivity contribution in [2.45, 2.75) is 0 Å². The molecule has 0 aromatic heterocycles. The van der Waals surface area contributed by atoms with E-state index in [4.69, 9.17) is 171 Å². The van der Waals surface area contributed by atoms with E-state index in [1.807, 2.05) is 0 Å². The Balaban J connectivity index is 2.07. The molecule has 0 radical (unpaired) electrons. The molecule has 0 amide bonds. The van der Waals surface area contributed by atoms with Gasteiger partial charge in [-0.25, -0.2) is 22.1 Å². The van der Waals surface area contributed by atoms with Crippen LogP contribution in [0.4, 0.5) is 17.1 Å². The molecule has 3 aromatic carbocycles. The lowest BCUT2D eigenvalue weighted by Gasteiger charge is -2.30. The van der Waals surface area contributed by atoms with Crippen LogP contribution in [0.15, 0.2) is 18.2 Å². The highest BCUT2D eigenvalue weighted by Crippen LogP contribution is 2.55. The molecule has 0 saturated carbocycles. The van der Waals surface area contributed by atoms with Gasteiger partial charge in [0.2, 0.25) is 0 Å². The zero-order chi connectivity index (χ0) is 31.1. The number of phosphoric acid groups is 1. The molecule has 0 unspecified atom stereocenters. The summed E-state index contributed by atoms with van der Waals surface area (Å²) in [6.45, 7) is 0. The van der Waals surface area contributed by atoms with Crippen molar-refractivity contribution in [3.63, 3.8) is 0 Å². The van der Waals surface area contributed by atoms with Gasteiger partial charge in [-0.2, -0.15) is 15.5 Å². The summed E-state index contributed by atoms with van der Waals surface area (Å²) in [7, 11) is -5.20. The van der Waals surface area contributed by atoms with Gasteiger partial charge in [-0.3, -0.25) is 0 Å². The standard InChI is InChI=1S/C18H9Cl12N6O4P/c19-4-1-7(13(25)16(28)10(4)22)34(31)38-41(37,39-35(32)8-2-5(20)11(23)17(29)14(8)26)40-36(33)9-3-6(21)12(24)18(30)15(9)27/h1-3H,31-33H2. The highest BCUT2D eigenvalue weighted by atomic mass is 35.5. The van der Waals surface area contributed by atoms with E-state index in [2.05, 4.69) is 0 Å². The van der Waals surface area contributed by atoms with Crippen LogP contribution in [0.5, 0.6) is 0 Å². The third kappa shape index (κ3) is 7.85. The van der Waals surface area contributed by atoms with Gasteiger partial charge >= 0.3 is 7.82 Å². The second-order valence-electron chi connectivity index (χ2n) is 7.13. The van der Waals surface area contributed by atoms with Crippen molar-refractivity contribution in [3.8, 4) is 0 Å². The monoisotopic (exact) mass is 824 g/mol. The van der Waals surface area contributed by atoms with Crippen LogP contribution in [0.25, 0.3) is 0 Å². The Labute approximate surface area is 291 Å². The second kappa shape index (κ2) is 14.3. The fourth-order valence-electron chi connectivity index (χ4n) is 2.66. The minimum atomic E-state index is -5.20. The summed E-state index contributed by atoms with van der Waals surface area (Å²) in [4.78, 5) is 0. The average molecular weight is 830 g/mol. The molecule has 0 aliphatic heterocycles. The van der Waals surface area contributed by atoms with Gasteiger partial charge in [0.1, 0.15) is 17.1 Å². The number of hydrazine groups is 3. The maximum Gasteiger partial charge on any atom is 0.543 e. The van der Waals surface area contributed by atoms with Gasteiger partial charge in [-0.15, -0.1) is 13.9 Å². The molecule has 6 N–H and O–H groups in total. The first-order valence-electron chi connectivity index (χ1n) is 9.72. The summed E-state index contributed by atoms with van der Waals surface area (Å²) >= 11 is 72.9. The number of halogens is 12. The predicted molar refractivity (Wildman–Crippen MR) is 170 cm³/mol. The average Bonchev–Trinajstić information content (AvgIpc) is 2.90. The molecule has 0 spiro atoms. The predicted octanol–water partition coefficient (Wildman–Crippen LogP) is 10.9. The number of rotatable bonds is 9. The molecular weight excluding hydrogens is 821 g/mol. The zero-order valence-corrected chi connectivity index (χ0v) is 28.9. The van der Waals surface area contributed by atoms with Crippen molar-refractivity contribution in [3.05, 3.63) is 78.5 Å². The van der Waals surface area contributed by atoms with Crippen LogP contribution >= 0.6 is 147 Å². The number of hydrogen-bond donors (Lipinski definition) is 3. The van der Waals surface area contributed by atoms with Gasteiger partial charge in [0.15, 0.2) is 0 Å². The van der Waals surface area contributed by atoms with Gasteiger partial charge in [0, 0.05) is 0 Å². The summed E-state index contributed by atoms with van der Waals surface area (Å²) in [6, 6.07) is 3.36. The summed E-state index contributed by atoms with van der Waals surface area (Å²) in [6.07, 6.45) is 0. The van der Waals surface area contributed by atoms with E-state index in [9.17, 15) is 4.57 Å². The van der Waals surface area contributed by atoms with Crippen molar-refractivity contribution < 1.29 is 18.4 Å². The van der Waals surface area contributed by atoms with E-state index >= 15 is 0 Å². The number of nitrogens with two attached hydrogens (primary N) is 3. The molecule has 0 heterocycles. The molecule has 3 aromatic rings. The number of hydrogen-bond acceptors (Lipinski definition) is 10. The highest BCUT2D eigenvalue weighted by molar-refractivity contribution is 7.48. The van der Waals surface area contributed by atoms with Crippen LogP contribution in [0.1, 0.15) is 0 Å². The van der Waals surface area contributed by atoms with E-state index in [0.29, 0.717) is 15.5 Å². The topological polar surface area (TPSA) is 133 Å². The quantitative estimate of drug-likeness (QED) is 0.0629. The molecular formula is C18H9Cl12N6O4P. The van der Waals surface area contributed by atoms with E-state index < -0.39 is 7.82 Å². The molecule has 0 atom stereocenters. The normalized spacial score (nSPS) is 11.7. The van der Waals surface area contributed by atoms with Crippen LogP contribution in [-0.4, -0.2) is 0 Å². The fourth-order valence-corrected chi connectivity index (χ4v) is 6.29. The second-order valence-corrected chi connectivity index (χ2v) is 13.1. The molecule has 23 heteroatoms. The minimum Gasteiger partial charge on any atom is -0.222 e. The first-order chi connectivity index (χ1) is 18.9. The summed E-state index contributed by atoms with van der Waals surface area (Å²) < 4.78 is 29.7. The van der Waals surface area contributed by atoms with E-state index in [0.717, 1.165) is 18.2 Å². The molecule has 0 bridgehead atoms. The molecule has 0 saturated heterocycles. The molecule has 3 rings (SSSR count). The van der Waals surface area contributed by atoms with Gasteiger partial charge in [-0.1, -0.05) is 139 Å². The van der Waals surface area contributed by atoms with Gasteiger partial charge in [-0.05, 0) is 18.2 Å². The summed E-state index contributed by atoms with van der Waals surface area (Å²) in [5.74, 6) is 17.8. The highest BCUT2D eigenvalue weighted by Gasteiger charge is 2.39. The third-order valence-corrected chi connectivity index (χ3v) is 10.9. The number of anilines is 3. The van der Waals surface area contributed by atoms with Crippen LogP contribution in [0.2, 0.25) is 60.3 Å². The van der Waals surface area contributed by atoms with Gasteiger partial charge in [0.05, 0.1) is 60.3 Å². The molecule has 224 valence electrons. The Morgan fingerprint density at radius 3 is 0.878 bits per heavy atom. The van der Waals surface area contributed by atoms with Crippen LogP contribution in [0, 0.1) is 0 Å². The third-order valence-electron chi connectivity index (χ3n) is 4.53. The maximum atomic E-state index is 14.0. The zero-order valence-electron chi connectivity index (χ0n) is 18.9. The molecule has 0 aliphatic carbocycles. The molecule has 10 nitrogen and oxygen atoms in total. The van der Waals surface area contributed by atoms with E-state index in [1.54, 1.807) is 0 Å². The first kappa shape index (κ1) is 36.0. The van der Waals surface area contributed by atoms with Crippen LogP contribution in [-0.2, 0) is 18.4 Å². The number of benzene rings is 3. The SMILES string of the molecule is NN(OP(=O)(ON(N)c1cc(Cl)c(Cl)c(Cl)c1Cl)ON(N)c1cc(Cl)c(Cl)c(Cl)c1Cl)c1cc(Cl)c(Cl)c(Cl)c1Cl. The van der Waals surface area contributed by atoms with E-state index in [1.165, 1.54) is 0 Å². The Kier molecular flexibility index (Phi) is 12.6. The lowest BCUT2D eigenvalue weighted by atomic mass is 10.3. The Hall–Kier alpha value is 0.530. The van der Waals surface area contributed by atoms with Crippen molar-refractivity contribution in [2.75, 3.05) is 15.5 Å². The minimum absolute atomic E-state index is 0.107. The van der Waals surface area contributed by atoms with Crippen LogP contribution in [0.3, 0.4) is 0 Å². The van der Waals surface area contributed by atoms with Crippen molar-refractivity contribution >= 4 is 164 Å². The molecule has 0 aliphatic rings. The van der Waals surface area contributed by atoms with Crippen molar-refractivity contribution in [1.82, 2.24) is 0 Å². The Morgan fingerprint density at radius 1 is 0.439 bits per heavy atom. The largest absolute Gasteiger partial charge is 0.543 e. The smallest absolute Gasteiger partial charge is 0.222 e. The van der Waals surface area contributed by atoms with Gasteiger partial charge in [0.25, 0.3) is 0 Å². The Bertz CT molecular complexity index is 1390. The lowest BCUT2D eigenvalue weighted by Crippen LogP contribution is -2.39. The van der Waals surface area contributed by atoms with E-state index in [-0.39, 0.29) is 77.3 Å². The van der Waals surface area contributed by atoms with Crippen LogP contribution < -0.4 is 33.0 Å². The van der Waals surface area contributed by atoms with Gasteiger partial charge < -0.3 is 0 Å². The summed E-state index contributed by atoms with van der Waals surface area (Å²) in [5.41, 5.74) is -0.800. The molecule has 41 heavy (non-hydrogen) atoms. The lowest BCUT2D eigenvalue weighted by molar-refractivity contribution is 0.0861. The maximum absolute atomic E-state index is 14.0.